The van der Waals surface area contributed by atoms with Crippen molar-refractivity contribution >= 4 is 32.7 Å². The van der Waals surface area contributed by atoms with Gasteiger partial charge in [-0.15, -0.1) is 0 Å². The Hall–Kier alpha value is -1.42. The second kappa shape index (κ2) is 5.54. The van der Waals surface area contributed by atoms with Gasteiger partial charge in [0.1, 0.15) is 11.3 Å². The fraction of sp³-hybridized carbons (Fsp3) is 0.524. The van der Waals surface area contributed by atoms with Crippen molar-refractivity contribution < 1.29 is 9.21 Å². The van der Waals surface area contributed by atoms with Crippen molar-refractivity contribution in [2.24, 2.45) is 17.8 Å². The van der Waals surface area contributed by atoms with E-state index in [1.54, 1.807) is 24.3 Å². The molecule has 25 heavy (non-hydrogen) atoms. The standard InChI is InChI=1S/C21H21BrO3/c22-11-18(24)15-1-2-19-16(6-15)17(23)7-20(25-19)21-8-12-3-13(9-21)5-14(4-12)10-21/h1-2,6-7,12-14H,3-5,8-11H2. The van der Waals surface area contributed by atoms with Gasteiger partial charge >= 0.3 is 0 Å². The summed E-state index contributed by atoms with van der Waals surface area (Å²) in [6, 6.07) is 6.95. The van der Waals surface area contributed by atoms with E-state index in [1.807, 2.05) is 0 Å². The molecule has 0 spiro atoms. The number of benzene rings is 1. The topological polar surface area (TPSA) is 47.3 Å². The van der Waals surface area contributed by atoms with Gasteiger partial charge in [-0.2, -0.15) is 0 Å². The molecule has 0 saturated heterocycles. The highest BCUT2D eigenvalue weighted by molar-refractivity contribution is 9.09. The Bertz CT molecular complexity index is 891. The van der Waals surface area contributed by atoms with Crippen molar-refractivity contribution in [2.75, 3.05) is 5.33 Å². The van der Waals surface area contributed by atoms with Crippen molar-refractivity contribution in [1.29, 1.82) is 0 Å². The maximum Gasteiger partial charge on any atom is 0.192 e. The van der Waals surface area contributed by atoms with Gasteiger partial charge in [0.25, 0.3) is 0 Å². The lowest BCUT2D eigenvalue weighted by molar-refractivity contribution is -0.0150. The van der Waals surface area contributed by atoms with E-state index in [0.29, 0.717) is 16.5 Å². The lowest BCUT2D eigenvalue weighted by Gasteiger charge is -2.56. The molecule has 4 aliphatic rings. The van der Waals surface area contributed by atoms with E-state index in [2.05, 4.69) is 15.9 Å². The molecule has 4 saturated carbocycles. The molecule has 4 aliphatic carbocycles. The van der Waals surface area contributed by atoms with E-state index in [1.165, 1.54) is 38.5 Å². The highest BCUT2D eigenvalue weighted by Gasteiger charge is 2.53. The second-order valence-electron chi connectivity index (χ2n) is 8.44. The molecule has 130 valence electrons. The molecule has 2 aromatic rings. The van der Waals surface area contributed by atoms with Crippen LogP contribution in [0.4, 0.5) is 0 Å². The number of carbonyl (C=O) groups is 1. The summed E-state index contributed by atoms with van der Waals surface area (Å²) < 4.78 is 6.27. The molecule has 1 aromatic carbocycles. The number of alkyl halides is 1. The van der Waals surface area contributed by atoms with Crippen LogP contribution in [0.5, 0.6) is 0 Å². The maximum absolute atomic E-state index is 12.8. The summed E-state index contributed by atoms with van der Waals surface area (Å²) >= 11 is 3.18. The highest BCUT2D eigenvalue weighted by Crippen LogP contribution is 2.60. The van der Waals surface area contributed by atoms with Crippen LogP contribution in [0.3, 0.4) is 0 Å². The molecule has 0 amide bonds. The number of hydrogen-bond donors (Lipinski definition) is 0. The van der Waals surface area contributed by atoms with Gasteiger partial charge in [-0.1, -0.05) is 15.9 Å². The molecule has 3 nitrogen and oxygen atoms in total. The molecule has 1 aromatic heterocycles. The smallest absolute Gasteiger partial charge is 0.192 e. The van der Waals surface area contributed by atoms with Crippen LogP contribution in [0.2, 0.25) is 0 Å². The van der Waals surface area contributed by atoms with Crippen LogP contribution in [0.1, 0.15) is 54.6 Å². The SMILES string of the molecule is O=C(CBr)c1ccc2oc(C34CC5CC(CC(C5)C3)C4)cc(=O)c2c1. The number of fused-ring (bicyclic) bond motifs is 1. The first-order valence-corrected chi connectivity index (χ1v) is 10.4. The fourth-order valence-corrected chi connectivity index (χ4v) is 6.40. The molecule has 1 heterocycles. The Morgan fingerprint density at radius 2 is 1.72 bits per heavy atom. The molecule has 4 bridgehead atoms. The van der Waals surface area contributed by atoms with Crippen LogP contribution in [0.15, 0.2) is 33.5 Å². The van der Waals surface area contributed by atoms with Gasteiger partial charge in [-0.25, -0.2) is 0 Å². The Morgan fingerprint density at radius 1 is 1.08 bits per heavy atom. The summed E-state index contributed by atoms with van der Waals surface area (Å²) in [5.74, 6) is 3.30. The van der Waals surface area contributed by atoms with Crippen molar-refractivity contribution in [2.45, 2.75) is 43.9 Å². The minimum absolute atomic E-state index is 0.0174. The largest absolute Gasteiger partial charge is 0.460 e. The van der Waals surface area contributed by atoms with Crippen LogP contribution < -0.4 is 5.43 Å². The summed E-state index contributed by atoms with van der Waals surface area (Å²) in [4.78, 5) is 24.7. The minimum Gasteiger partial charge on any atom is -0.460 e. The number of carbonyl (C=O) groups excluding carboxylic acids is 1. The fourth-order valence-electron chi connectivity index (χ4n) is 6.08. The second-order valence-corrected chi connectivity index (χ2v) is 9.00. The predicted molar refractivity (Wildman–Crippen MR) is 100 cm³/mol. The first-order chi connectivity index (χ1) is 12.1. The number of ketones is 1. The molecule has 0 radical (unpaired) electrons. The molecule has 0 N–H and O–H groups in total. The molecule has 4 fully saturated rings. The van der Waals surface area contributed by atoms with Gasteiger partial charge < -0.3 is 4.42 Å². The van der Waals surface area contributed by atoms with Gasteiger partial charge in [0.15, 0.2) is 11.2 Å². The third-order valence-corrected chi connectivity index (χ3v) is 7.24. The van der Waals surface area contributed by atoms with E-state index in [4.69, 9.17) is 4.42 Å². The Labute approximate surface area is 154 Å². The summed E-state index contributed by atoms with van der Waals surface area (Å²) in [5, 5.41) is 0.773. The molecule has 0 atom stereocenters. The molecular formula is C21H21BrO3. The summed E-state index contributed by atoms with van der Waals surface area (Å²) in [7, 11) is 0. The van der Waals surface area contributed by atoms with Crippen LogP contribution in [-0.4, -0.2) is 11.1 Å². The van der Waals surface area contributed by atoms with E-state index in [0.717, 1.165) is 23.5 Å². The van der Waals surface area contributed by atoms with E-state index in [9.17, 15) is 9.59 Å². The summed E-state index contributed by atoms with van der Waals surface area (Å²) in [5.41, 5.74) is 1.23. The zero-order chi connectivity index (χ0) is 17.2. The molecule has 0 unspecified atom stereocenters. The third kappa shape index (κ3) is 2.44. The van der Waals surface area contributed by atoms with Gasteiger partial charge in [0.2, 0.25) is 0 Å². The average Bonchev–Trinajstić information content (AvgIpc) is 2.59. The van der Waals surface area contributed by atoms with Crippen molar-refractivity contribution in [3.05, 3.63) is 45.8 Å². The van der Waals surface area contributed by atoms with E-state index >= 15 is 0 Å². The Morgan fingerprint density at radius 3 is 2.32 bits per heavy atom. The number of Topliss-reactive ketones (excluding diaryl/α,β-unsaturated/α-hetero) is 1. The first-order valence-electron chi connectivity index (χ1n) is 9.24. The molecule has 4 heteroatoms. The third-order valence-electron chi connectivity index (χ3n) is 6.73. The Kier molecular flexibility index (Phi) is 3.50. The minimum atomic E-state index is -0.0218. The molecule has 0 aliphatic heterocycles. The molecular weight excluding hydrogens is 380 g/mol. The maximum atomic E-state index is 12.8. The van der Waals surface area contributed by atoms with Crippen LogP contribution in [0, 0.1) is 17.8 Å². The van der Waals surface area contributed by atoms with Crippen molar-refractivity contribution in [3.63, 3.8) is 0 Å². The lowest BCUT2D eigenvalue weighted by atomic mass is 9.49. The van der Waals surface area contributed by atoms with Gasteiger partial charge in [-0.05, 0) is 74.5 Å². The van der Waals surface area contributed by atoms with Crippen LogP contribution in [0.25, 0.3) is 11.0 Å². The normalized spacial score (nSPS) is 33.1. The van der Waals surface area contributed by atoms with Crippen molar-refractivity contribution in [1.82, 2.24) is 0 Å². The quantitative estimate of drug-likeness (QED) is 0.546. The first kappa shape index (κ1) is 15.8. The Balaban J connectivity index is 1.61. The number of halogens is 1. The van der Waals surface area contributed by atoms with Crippen LogP contribution in [-0.2, 0) is 5.41 Å². The van der Waals surface area contributed by atoms with Gasteiger partial charge in [0.05, 0.1) is 10.7 Å². The lowest BCUT2D eigenvalue weighted by Crippen LogP contribution is -2.48. The highest BCUT2D eigenvalue weighted by atomic mass is 79.9. The predicted octanol–water partition coefficient (Wildman–Crippen LogP) is 4.84. The van der Waals surface area contributed by atoms with Gasteiger partial charge in [0, 0.05) is 17.0 Å². The van der Waals surface area contributed by atoms with Crippen LogP contribution >= 0.6 is 15.9 Å². The van der Waals surface area contributed by atoms with Gasteiger partial charge in [-0.3, -0.25) is 9.59 Å². The molecule has 6 rings (SSSR count). The average molecular weight is 401 g/mol. The van der Waals surface area contributed by atoms with E-state index in [-0.39, 0.29) is 22.0 Å². The number of rotatable bonds is 3. The zero-order valence-electron chi connectivity index (χ0n) is 14.1. The van der Waals surface area contributed by atoms with Crippen molar-refractivity contribution in [3.8, 4) is 0 Å². The monoisotopic (exact) mass is 400 g/mol. The van der Waals surface area contributed by atoms with E-state index < -0.39 is 0 Å². The number of hydrogen-bond acceptors (Lipinski definition) is 3. The summed E-state index contributed by atoms with van der Waals surface area (Å²) in [6.07, 6.45) is 7.63. The summed E-state index contributed by atoms with van der Waals surface area (Å²) in [6.45, 7) is 0. The zero-order valence-corrected chi connectivity index (χ0v) is 15.7.